The molecule has 0 saturated carbocycles. The maximum atomic E-state index is 12.7. The molecular formula is C12H11ClF3NO2. The SMILES string of the molecule is CCOC(=O)/C=C/c1cc(Cl)cc(C(F)(F)F)c1N. The Morgan fingerprint density at radius 1 is 1.47 bits per heavy atom. The van der Waals surface area contributed by atoms with E-state index in [1.54, 1.807) is 6.92 Å². The molecule has 0 bridgehead atoms. The quantitative estimate of drug-likeness (QED) is 0.527. The third-order valence-electron chi connectivity index (χ3n) is 2.17. The van der Waals surface area contributed by atoms with Crippen molar-refractivity contribution < 1.29 is 22.7 Å². The van der Waals surface area contributed by atoms with E-state index in [-0.39, 0.29) is 17.2 Å². The highest BCUT2D eigenvalue weighted by molar-refractivity contribution is 6.31. The van der Waals surface area contributed by atoms with Gasteiger partial charge >= 0.3 is 12.1 Å². The molecule has 0 radical (unpaired) electrons. The number of carbonyl (C=O) groups is 1. The van der Waals surface area contributed by atoms with Crippen molar-refractivity contribution in [1.82, 2.24) is 0 Å². The van der Waals surface area contributed by atoms with Crippen LogP contribution in [0.25, 0.3) is 6.08 Å². The first-order valence-electron chi connectivity index (χ1n) is 5.26. The summed E-state index contributed by atoms with van der Waals surface area (Å²) in [4.78, 5) is 11.1. The standard InChI is InChI=1S/C12H11ClF3NO2/c1-2-19-10(18)4-3-7-5-8(13)6-9(11(7)17)12(14,15)16/h3-6H,2,17H2,1H3/b4-3+. The van der Waals surface area contributed by atoms with Gasteiger partial charge in [0.25, 0.3) is 0 Å². The summed E-state index contributed by atoms with van der Waals surface area (Å²) in [7, 11) is 0. The molecule has 0 aliphatic heterocycles. The number of rotatable bonds is 3. The van der Waals surface area contributed by atoms with Crippen LogP contribution in [0.3, 0.4) is 0 Å². The number of carbonyl (C=O) groups excluding carboxylic acids is 1. The van der Waals surface area contributed by atoms with Crippen molar-refractivity contribution in [2.75, 3.05) is 12.3 Å². The van der Waals surface area contributed by atoms with E-state index in [9.17, 15) is 18.0 Å². The molecule has 0 aromatic heterocycles. The van der Waals surface area contributed by atoms with Crippen LogP contribution in [0.5, 0.6) is 0 Å². The summed E-state index contributed by atoms with van der Waals surface area (Å²) in [5, 5.41) is -0.120. The number of hydrogen-bond donors (Lipinski definition) is 1. The fourth-order valence-electron chi connectivity index (χ4n) is 1.36. The van der Waals surface area contributed by atoms with Gasteiger partial charge in [0.05, 0.1) is 17.9 Å². The van der Waals surface area contributed by atoms with Crippen LogP contribution in [0.4, 0.5) is 18.9 Å². The maximum absolute atomic E-state index is 12.7. The van der Waals surface area contributed by atoms with Crippen molar-refractivity contribution in [3.8, 4) is 0 Å². The second-order valence-electron chi connectivity index (χ2n) is 3.54. The molecule has 2 N–H and O–H groups in total. The summed E-state index contributed by atoms with van der Waals surface area (Å²) in [6, 6.07) is 1.97. The Balaban J connectivity index is 3.16. The average Bonchev–Trinajstić information content (AvgIpc) is 2.28. The lowest BCUT2D eigenvalue weighted by Gasteiger charge is -2.12. The van der Waals surface area contributed by atoms with Crippen molar-refractivity contribution >= 4 is 29.3 Å². The number of hydrogen-bond acceptors (Lipinski definition) is 3. The van der Waals surface area contributed by atoms with E-state index in [0.29, 0.717) is 0 Å². The third-order valence-corrected chi connectivity index (χ3v) is 2.39. The zero-order valence-corrected chi connectivity index (χ0v) is 10.7. The molecule has 104 valence electrons. The van der Waals surface area contributed by atoms with Gasteiger partial charge in [-0.15, -0.1) is 0 Å². The normalized spacial score (nSPS) is 11.8. The molecule has 19 heavy (non-hydrogen) atoms. The second kappa shape index (κ2) is 5.97. The van der Waals surface area contributed by atoms with Crippen LogP contribution in [-0.2, 0) is 15.7 Å². The van der Waals surface area contributed by atoms with E-state index in [4.69, 9.17) is 17.3 Å². The average molecular weight is 294 g/mol. The highest BCUT2D eigenvalue weighted by atomic mass is 35.5. The summed E-state index contributed by atoms with van der Waals surface area (Å²) < 4.78 is 42.6. The Morgan fingerprint density at radius 3 is 2.63 bits per heavy atom. The largest absolute Gasteiger partial charge is 0.463 e. The molecule has 0 aliphatic carbocycles. The Kier molecular flexibility index (Phi) is 4.83. The van der Waals surface area contributed by atoms with Gasteiger partial charge in [-0.25, -0.2) is 4.79 Å². The topological polar surface area (TPSA) is 52.3 Å². The lowest BCUT2D eigenvalue weighted by molar-refractivity contribution is -0.137. The number of alkyl halides is 3. The van der Waals surface area contributed by atoms with Gasteiger partial charge in [0.2, 0.25) is 0 Å². The van der Waals surface area contributed by atoms with E-state index in [1.807, 2.05) is 0 Å². The number of benzene rings is 1. The molecule has 0 unspecified atom stereocenters. The molecule has 0 fully saturated rings. The fraction of sp³-hybridized carbons (Fsp3) is 0.250. The van der Waals surface area contributed by atoms with Crippen molar-refractivity contribution in [1.29, 1.82) is 0 Å². The van der Waals surface area contributed by atoms with Crippen LogP contribution in [0.2, 0.25) is 5.02 Å². The van der Waals surface area contributed by atoms with Gasteiger partial charge in [-0.3, -0.25) is 0 Å². The molecular weight excluding hydrogens is 283 g/mol. The minimum Gasteiger partial charge on any atom is -0.463 e. The summed E-state index contributed by atoms with van der Waals surface area (Å²) in [5.41, 5.74) is 3.90. The summed E-state index contributed by atoms with van der Waals surface area (Å²) in [6.45, 7) is 1.78. The molecule has 1 aromatic carbocycles. The molecule has 0 aliphatic rings. The van der Waals surface area contributed by atoms with Crippen LogP contribution in [0, 0.1) is 0 Å². The van der Waals surface area contributed by atoms with Crippen LogP contribution in [0.15, 0.2) is 18.2 Å². The number of nitrogens with two attached hydrogens (primary N) is 1. The Hall–Kier alpha value is -1.69. The van der Waals surface area contributed by atoms with E-state index in [2.05, 4.69) is 4.74 Å². The van der Waals surface area contributed by atoms with Crippen molar-refractivity contribution in [3.63, 3.8) is 0 Å². The zero-order chi connectivity index (χ0) is 14.6. The summed E-state index contributed by atoms with van der Waals surface area (Å²) in [5.74, 6) is -0.671. The monoisotopic (exact) mass is 293 g/mol. The van der Waals surface area contributed by atoms with Crippen molar-refractivity contribution in [3.05, 3.63) is 34.4 Å². The van der Waals surface area contributed by atoms with E-state index in [0.717, 1.165) is 18.2 Å². The van der Waals surface area contributed by atoms with Crippen LogP contribution in [0.1, 0.15) is 18.1 Å². The van der Waals surface area contributed by atoms with Crippen LogP contribution >= 0.6 is 11.6 Å². The lowest BCUT2D eigenvalue weighted by Crippen LogP contribution is -2.10. The molecule has 0 heterocycles. The van der Waals surface area contributed by atoms with Gasteiger partial charge in [-0.05, 0) is 30.7 Å². The van der Waals surface area contributed by atoms with E-state index >= 15 is 0 Å². The van der Waals surface area contributed by atoms with Gasteiger partial charge in [0.15, 0.2) is 0 Å². The lowest BCUT2D eigenvalue weighted by atomic mass is 10.1. The van der Waals surface area contributed by atoms with Gasteiger partial charge in [-0.2, -0.15) is 13.2 Å². The number of nitrogen functional groups attached to an aromatic ring is 1. The number of halogens is 4. The Bertz CT molecular complexity index is 512. The van der Waals surface area contributed by atoms with E-state index in [1.165, 1.54) is 6.07 Å². The molecule has 3 nitrogen and oxygen atoms in total. The predicted octanol–water partition coefficient (Wildman–Crippen LogP) is 3.52. The van der Waals surface area contributed by atoms with Gasteiger partial charge < -0.3 is 10.5 Å². The number of esters is 1. The van der Waals surface area contributed by atoms with Crippen molar-refractivity contribution in [2.45, 2.75) is 13.1 Å². The van der Waals surface area contributed by atoms with Gasteiger partial charge in [0.1, 0.15) is 0 Å². The first-order valence-corrected chi connectivity index (χ1v) is 5.64. The second-order valence-corrected chi connectivity index (χ2v) is 3.98. The molecule has 0 spiro atoms. The van der Waals surface area contributed by atoms with Crippen LogP contribution < -0.4 is 5.73 Å². The molecule has 0 amide bonds. The van der Waals surface area contributed by atoms with Crippen molar-refractivity contribution in [2.24, 2.45) is 0 Å². The molecule has 1 aromatic rings. The van der Waals surface area contributed by atoms with E-state index < -0.39 is 23.4 Å². The smallest absolute Gasteiger partial charge is 0.418 e. The highest BCUT2D eigenvalue weighted by Crippen LogP contribution is 2.37. The maximum Gasteiger partial charge on any atom is 0.418 e. The summed E-state index contributed by atoms with van der Waals surface area (Å²) in [6.07, 6.45) is -2.48. The minimum absolute atomic E-state index is 0.00729. The fourth-order valence-corrected chi connectivity index (χ4v) is 1.59. The van der Waals surface area contributed by atoms with Gasteiger partial charge in [0, 0.05) is 11.1 Å². The molecule has 0 saturated heterocycles. The first kappa shape index (κ1) is 15.4. The number of ether oxygens (including phenoxy) is 1. The third kappa shape index (κ3) is 4.17. The Labute approximate surface area is 112 Å². The summed E-state index contributed by atoms with van der Waals surface area (Å²) >= 11 is 5.60. The molecule has 1 rings (SSSR count). The minimum atomic E-state index is -4.61. The molecule has 7 heteroatoms. The first-order chi connectivity index (χ1) is 8.75. The predicted molar refractivity (Wildman–Crippen MR) is 66.5 cm³/mol. The Morgan fingerprint density at radius 2 is 2.11 bits per heavy atom. The molecule has 0 atom stereocenters. The highest BCUT2D eigenvalue weighted by Gasteiger charge is 2.34. The zero-order valence-electron chi connectivity index (χ0n) is 9.92. The number of anilines is 1. The van der Waals surface area contributed by atoms with Crippen LogP contribution in [-0.4, -0.2) is 12.6 Å². The van der Waals surface area contributed by atoms with Gasteiger partial charge in [-0.1, -0.05) is 11.6 Å².